The van der Waals surface area contributed by atoms with Gasteiger partial charge in [0, 0.05) is 19.2 Å². The molecule has 20 heavy (non-hydrogen) atoms. The molecule has 2 aromatic rings. The summed E-state index contributed by atoms with van der Waals surface area (Å²) in [5.74, 6) is 0.837. The Hall–Kier alpha value is -1.33. The van der Waals surface area contributed by atoms with Crippen LogP contribution in [0.2, 0.25) is 0 Å². The van der Waals surface area contributed by atoms with Gasteiger partial charge in [0.05, 0.1) is 17.3 Å². The smallest absolute Gasteiger partial charge is 0.227 e. The maximum absolute atomic E-state index is 12.3. The van der Waals surface area contributed by atoms with Crippen LogP contribution in [-0.4, -0.2) is 25.0 Å². The Bertz CT molecular complexity index is 597. The number of thiophene rings is 1. The molecule has 0 fully saturated rings. The van der Waals surface area contributed by atoms with Crippen LogP contribution in [0.4, 0.5) is 0 Å². The van der Waals surface area contributed by atoms with E-state index >= 15 is 0 Å². The number of carbonyl (C=O) groups excluding carboxylic acids is 1. The lowest BCUT2D eigenvalue weighted by Gasteiger charge is -2.17. The van der Waals surface area contributed by atoms with Crippen molar-refractivity contribution in [3.63, 3.8) is 0 Å². The summed E-state index contributed by atoms with van der Waals surface area (Å²) in [7, 11) is 3.44. The van der Waals surface area contributed by atoms with Gasteiger partial charge in [-0.2, -0.15) is 0 Å². The fraction of sp³-hybridized carbons (Fsp3) is 0.267. The molecule has 0 spiro atoms. The largest absolute Gasteiger partial charge is 0.496 e. The zero-order valence-electron chi connectivity index (χ0n) is 11.4. The van der Waals surface area contributed by atoms with Crippen LogP contribution in [0.3, 0.4) is 0 Å². The maximum Gasteiger partial charge on any atom is 0.227 e. The first kappa shape index (κ1) is 15.1. The number of amides is 1. The SMILES string of the molecule is COc1ccccc1CC(=O)N(C)Cc1csc(Br)c1. The highest BCUT2D eigenvalue weighted by Crippen LogP contribution is 2.22. The highest BCUT2D eigenvalue weighted by atomic mass is 79.9. The van der Waals surface area contributed by atoms with Crippen molar-refractivity contribution in [1.29, 1.82) is 0 Å². The average molecular weight is 354 g/mol. The van der Waals surface area contributed by atoms with E-state index in [1.165, 1.54) is 0 Å². The number of likely N-dealkylation sites (N-methyl/N-ethyl adjacent to an activating group) is 1. The van der Waals surface area contributed by atoms with Crippen molar-refractivity contribution in [2.24, 2.45) is 0 Å². The summed E-state index contributed by atoms with van der Waals surface area (Å²) in [5, 5.41) is 2.05. The molecule has 0 aliphatic heterocycles. The van der Waals surface area contributed by atoms with Gasteiger partial charge in [-0.3, -0.25) is 4.79 Å². The first-order valence-electron chi connectivity index (χ1n) is 6.19. The second kappa shape index (κ2) is 6.90. The predicted molar refractivity (Wildman–Crippen MR) is 85.2 cm³/mol. The van der Waals surface area contributed by atoms with E-state index in [0.717, 1.165) is 20.7 Å². The van der Waals surface area contributed by atoms with Crippen molar-refractivity contribution in [2.45, 2.75) is 13.0 Å². The van der Waals surface area contributed by atoms with Crippen LogP contribution in [0.1, 0.15) is 11.1 Å². The van der Waals surface area contributed by atoms with Crippen LogP contribution in [0.15, 0.2) is 39.5 Å². The van der Waals surface area contributed by atoms with Gasteiger partial charge in [-0.05, 0) is 39.0 Å². The van der Waals surface area contributed by atoms with Crippen molar-refractivity contribution < 1.29 is 9.53 Å². The van der Waals surface area contributed by atoms with Gasteiger partial charge in [0.15, 0.2) is 0 Å². The second-order valence-corrected chi connectivity index (χ2v) is 6.79. The number of nitrogens with zero attached hydrogens (tertiary/aromatic N) is 1. The van der Waals surface area contributed by atoms with Gasteiger partial charge in [-0.15, -0.1) is 11.3 Å². The van der Waals surface area contributed by atoms with Gasteiger partial charge in [0.25, 0.3) is 0 Å². The predicted octanol–water partition coefficient (Wildman–Crippen LogP) is 3.72. The number of carbonyl (C=O) groups is 1. The van der Waals surface area contributed by atoms with E-state index in [1.807, 2.05) is 37.4 Å². The van der Waals surface area contributed by atoms with E-state index < -0.39 is 0 Å². The number of hydrogen-bond donors (Lipinski definition) is 0. The van der Waals surface area contributed by atoms with Crippen molar-refractivity contribution >= 4 is 33.2 Å². The van der Waals surface area contributed by atoms with E-state index in [9.17, 15) is 4.79 Å². The summed E-state index contributed by atoms with van der Waals surface area (Å²) < 4.78 is 6.35. The normalized spacial score (nSPS) is 10.3. The van der Waals surface area contributed by atoms with Crippen LogP contribution in [-0.2, 0) is 17.8 Å². The number of hydrogen-bond acceptors (Lipinski definition) is 3. The van der Waals surface area contributed by atoms with Crippen LogP contribution < -0.4 is 4.74 Å². The maximum atomic E-state index is 12.3. The molecule has 0 bridgehead atoms. The Morgan fingerprint density at radius 1 is 1.40 bits per heavy atom. The molecule has 0 unspecified atom stereocenters. The Labute approximate surface area is 131 Å². The van der Waals surface area contributed by atoms with Gasteiger partial charge in [-0.25, -0.2) is 0 Å². The first-order chi connectivity index (χ1) is 9.60. The Balaban J connectivity index is 2.00. The van der Waals surface area contributed by atoms with Crippen LogP contribution in [0, 0.1) is 0 Å². The summed E-state index contributed by atoms with van der Waals surface area (Å²) >= 11 is 5.06. The van der Waals surface area contributed by atoms with E-state index in [-0.39, 0.29) is 5.91 Å². The molecule has 1 heterocycles. The number of halogens is 1. The van der Waals surface area contributed by atoms with Gasteiger partial charge < -0.3 is 9.64 Å². The summed E-state index contributed by atoms with van der Waals surface area (Å²) in [6, 6.07) is 9.66. The number of ether oxygens (including phenoxy) is 1. The van der Waals surface area contributed by atoms with Gasteiger partial charge in [0.1, 0.15) is 5.75 Å². The minimum Gasteiger partial charge on any atom is -0.496 e. The minimum atomic E-state index is 0.0804. The summed E-state index contributed by atoms with van der Waals surface area (Å²) in [4.78, 5) is 14.0. The van der Waals surface area contributed by atoms with Crippen molar-refractivity contribution in [2.75, 3.05) is 14.2 Å². The second-order valence-electron chi connectivity index (χ2n) is 4.50. The first-order valence-corrected chi connectivity index (χ1v) is 7.86. The lowest BCUT2D eigenvalue weighted by Crippen LogP contribution is -2.27. The quantitative estimate of drug-likeness (QED) is 0.819. The molecule has 0 atom stereocenters. The number of methoxy groups -OCH3 is 1. The fourth-order valence-electron chi connectivity index (χ4n) is 1.94. The molecular weight excluding hydrogens is 338 g/mol. The lowest BCUT2D eigenvalue weighted by molar-refractivity contribution is -0.129. The molecule has 1 amide bonds. The highest BCUT2D eigenvalue weighted by Gasteiger charge is 2.13. The molecule has 0 aliphatic carbocycles. The standard InChI is InChI=1S/C15H16BrNO2S/c1-17(9-11-7-14(16)20-10-11)15(18)8-12-5-3-4-6-13(12)19-2/h3-7,10H,8-9H2,1-2H3. The van der Waals surface area contributed by atoms with Crippen molar-refractivity contribution in [3.05, 3.63) is 50.6 Å². The Morgan fingerprint density at radius 3 is 2.80 bits per heavy atom. The van der Waals surface area contributed by atoms with Gasteiger partial charge in [-0.1, -0.05) is 18.2 Å². The third kappa shape index (κ3) is 3.84. The van der Waals surface area contributed by atoms with Crippen LogP contribution in [0.25, 0.3) is 0 Å². The van der Waals surface area contributed by atoms with Gasteiger partial charge in [0.2, 0.25) is 5.91 Å². The molecule has 0 saturated heterocycles. The van der Waals surface area contributed by atoms with E-state index in [1.54, 1.807) is 23.3 Å². The number of para-hydroxylation sites is 1. The van der Waals surface area contributed by atoms with Crippen LogP contribution in [0.5, 0.6) is 5.75 Å². The Morgan fingerprint density at radius 2 is 2.15 bits per heavy atom. The number of rotatable bonds is 5. The number of benzene rings is 1. The molecule has 0 N–H and O–H groups in total. The average Bonchev–Trinajstić information content (AvgIpc) is 2.84. The molecule has 0 radical (unpaired) electrons. The molecule has 106 valence electrons. The van der Waals surface area contributed by atoms with Crippen LogP contribution >= 0.6 is 27.3 Å². The fourth-order valence-corrected chi connectivity index (χ4v) is 3.14. The summed E-state index contributed by atoms with van der Waals surface area (Å²) in [6.07, 6.45) is 0.353. The topological polar surface area (TPSA) is 29.5 Å². The summed E-state index contributed by atoms with van der Waals surface area (Å²) in [5.41, 5.74) is 2.05. The molecule has 1 aromatic carbocycles. The van der Waals surface area contributed by atoms with Crippen molar-refractivity contribution in [1.82, 2.24) is 4.90 Å². The molecule has 5 heteroatoms. The van der Waals surface area contributed by atoms with E-state index in [4.69, 9.17) is 4.74 Å². The minimum absolute atomic E-state index is 0.0804. The zero-order valence-corrected chi connectivity index (χ0v) is 13.8. The molecule has 1 aromatic heterocycles. The third-order valence-corrected chi connectivity index (χ3v) is 4.55. The molecule has 2 rings (SSSR count). The highest BCUT2D eigenvalue weighted by molar-refractivity contribution is 9.11. The molecule has 3 nitrogen and oxygen atoms in total. The lowest BCUT2D eigenvalue weighted by atomic mass is 10.1. The Kier molecular flexibility index (Phi) is 5.20. The van der Waals surface area contributed by atoms with E-state index in [0.29, 0.717) is 13.0 Å². The van der Waals surface area contributed by atoms with E-state index in [2.05, 4.69) is 21.3 Å². The molecule has 0 saturated carbocycles. The molecule has 0 aliphatic rings. The molecular formula is C15H16BrNO2S. The monoisotopic (exact) mass is 353 g/mol. The van der Waals surface area contributed by atoms with Gasteiger partial charge >= 0.3 is 0 Å². The summed E-state index contributed by atoms with van der Waals surface area (Å²) in [6.45, 7) is 0.621. The zero-order chi connectivity index (χ0) is 14.5. The third-order valence-electron chi connectivity index (χ3n) is 3.00. The van der Waals surface area contributed by atoms with Crippen molar-refractivity contribution in [3.8, 4) is 5.75 Å².